The Morgan fingerprint density at radius 1 is 1.30 bits per heavy atom. The molecule has 0 spiro atoms. The third-order valence-electron chi connectivity index (χ3n) is 4.86. The summed E-state index contributed by atoms with van der Waals surface area (Å²) in [5, 5.41) is 2.97. The maximum absolute atomic E-state index is 12.8. The average molecular weight is 280 g/mol. The summed E-state index contributed by atoms with van der Waals surface area (Å²) in [6.45, 7) is 8.82. The molecule has 4 heteroatoms. The minimum atomic E-state index is -0.615. The second-order valence-electron chi connectivity index (χ2n) is 6.81. The topological polar surface area (TPSA) is 49.4 Å². The molecule has 1 N–H and O–H groups in total. The molecule has 2 rings (SSSR count). The van der Waals surface area contributed by atoms with Crippen LogP contribution in [0, 0.1) is 11.8 Å². The zero-order chi connectivity index (χ0) is 14.9. The van der Waals surface area contributed by atoms with Crippen LogP contribution >= 0.6 is 0 Å². The van der Waals surface area contributed by atoms with Crippen LogP contribution < -0.4 is 5.32 Å². The van der Waals surface area contributed by atoms with Crippen LogP contribution in [0.3, 0.4) is 0 Å². The van der Waals surface area contributed by atoms with E-state index in [1.807, 2.05) is 25.7 Å². The van der Waals surface area contributed by atoms with Gasteiger partial charge in [-0.25, -0.2) is 0 Å². The lowest BCUT2D eigenvalue weighted by molar-refractivity contribution is -0.159. The molecule has 1 aliphatic carbocycles. The van der Waals surface area contributed by atoms with Gasteiger partial charge in [0.25, 0.3) is 0 Å². The molecule has 0 aromatic carbocycles. The zero-order valence-corrected chi connectivity index (χ0v) is 13.2. The van der Waals surface area contributed by atoms with Gasteiger partial charge in [-0.1, -0.05) is 33.6 Å². The number of rotatable bonds is 6. The molecule has 0 radical (unpaired) electrons. The standard InChI is InChI=1S/C16H28N2O2/c1-5-6-7-10-18-14(19)13(11(2)3)17-15(20)16(18,4)12-8-9-12/h11-13H,5-10H2,1-4H3,(H,17,20). The summed E-state index contributed by atoms with van der Waals surface area (Å²) < 4.78 is 0. The molecule has 20 heavy (non-hydrogen) atoms. The highest BCUT2D eigenvalue weighted by Gasteiger charge is 2.57. The van der Waals surface area contributed by atoms with E-state index in [-0.39, 0.29) is 23.8 Å². The van der Waals surface area contributed by atoms with Crippen molar-refractivity contribution in [3.05, 3.63) is 0 Å². The van der Waals surface area contributed by atoms with Gasteiger partial charge in [-0.2, -0.15) is 0 Å². The van der Waals surface area contributed by atoms with Crippen LogP contribution in [-0.4, -0.2) is 34.8 Å². The Balaban J connectivity index is 2.21. The Labute approximate surface area is 122 Å². The SMILES string of the molecule is CCCCCN1C(=O)C(C(C)C)NC(=O)C1(C)C1CC1. The second-order valence-corrected chi connectivity index (χ2v) is 6.81. The molecule has 1 saturated carbocycles. The number of piperazine rings is 1. The lowest BCUT2D eigenvalue weighted by atomic mass is 9.85. The summed E-state index contributed by atoms with van der Waals surface area (Å²) in [6, 6.07) is -0.351. The smallest absolute Gasteiger partial charge is 0.246 e. The highest BCUT2D eigenvalue weighted by Crippen LogP contribution is 2.45. The van der Waals surface area contributed by atoms with E-state index in [0.717, 1.165) is 38.6 Å². The first-order valence-electron chi connectivity index (χ1n) is 8.05. The number of amides is 2. The summed E-state index contributed by atoms with van der Waals surface area (Å²) in [7, 11) is 0. The number of nitrogens with one attached hydrogen (secondary N) is 1. The Morgan fingerprint density at radius 2 is 1.95 bits per heavy atom. The molecule has 114 valence electrons. The third kappa shape index (κ3) is 2.57. The van der Waals surface area contributed by atoms with Crippen molar-refractivity contribution < 1.29 is 9.59 Å². The summed E-state index contributed by atoms with van der Waals surface area (Å²) in [4.78, 5) is 27.3. The zero-order valence-electron chi connectivity index (χ0n) is 13.2. The van der Waals surface area contributed by atoms with E-state index in [2.05, 4.69) is 12.2 Å². The summed E-state index contributed by atoms with van der Waals surface area (Å²) in [5.41, 5.74) is -0.615. The summed E-state index contributed by atoms with van der Waals surface area (Å²) >= 11 is 0. The van der Waals surface area contributed by atoms with Crippen molar-refractivity contribution in [2.75, 3.05) is 6.54 Å². The Morgan fingerprint density at radius 3 is 2.45 bits per heavy atom. The second kappa shape index (κ2) is 5.74. The van der Waals surface area contributed by atoms with E-state index in [1.165, 1.54) is 0 Å². The predicted molar refractivity (Wildman–Crippen MR) is 79.1 cm³/mol. The van der Waals surface area contributed by atoms with Gasteiger partial charge >= 0.3 is 0 Å². The molecular formula is C16H28N2O2. The number of unbranched alkanes of at least 4 members (excludes halogenated alkanes) is 2. The van der Waals surface area contributed by atoms with Gasteiger partial charge in [0.2, 0.25) is 11.8 Å². The van der Waals surface area contributed by atoms with Gasteiger partial charge in [-0.05, 0) is 38.0 Å². The van der Waals surface area contributed by atoms with E-state index < -0.39 is 5.54 Å². The van der Waals surface area contributed by atoms with Crippen molar-refractivity contribution in [3.8, 4) is 0 Å². The quantitative estimate of drug-likeness (QED) is 0.759. The lowest BCUT2D eigenvalue weighted by Gasteiger charge is -2.47. The number of hydrogen-bond donors (Lipinski definition) is 1. The van der Waals surface area contributed by atoms with Crippen LogP contribution in [0.1, 0.15) is 59.8 Å². The van der Waals surface area contributed by atoms with Gasteiger partial charge in [0, 0.05) is 6.54 Å². The van der Waals surface area contributed by atoms with Gasteiger partial charge in [0.15, 0.2) is 0 Å². The van der Waals surface area contributed by atoms with Gasteiger partial charge in [0.05, 0.1) is 0 Å². The largest absolute Gasteiger partial charge is 0.342 e. The first-order valence-corrected chi connectivity index (χ1v) is 8.05. The maximum Gasteiger partial charge on any atom is 0.246 e. The van der Waals surface area contributed by atoms with Gasteiger partial charge in [0.1, 0.15) is 11.6 Å². The number of carbonyl (C=O) groups is 2. The molecule has 0 aromatic rings. The molecule has 4 nitrogen and oxygen atoms in total. The van der Waals surface area contributed by atoms with Gasteiger partial charge < -0.3 is 10.2 Å². The average Bonchev–Trinajstić information content (AvgIpc) is 3.22. The van der Waals surface area contributed by atoms with Crippen LogP contribution in [-0.2, 0) is 9.59 Å². The molecule has 2 aliphatic rings. The Hall–Kier alpha value is -1.06. The molecule has 2 amide bonds. The minimum Gasteiger partial charge on any atom is -0.342 e. The van der Waals surface area contributed by atoms with E-state index in [1.54, 1.807) is 0 Å². The fraction of sp³-hybridized carbons (Fsp3) is 0.875. The van der Waals surface area contributed by atoms with Crippen LogP contribution in [0.5, 0.6) is 0 Å². The first kappa shape index (κ1) is 15.3. The number of carbonyl (C=O) groups excluding carboxylic acids is 2. The fourth-order valence-corrected chi connectivity index (χ4v) is 3.23. The fourth-order valence-electron chi connectivity index (χ4n) is 3.23. The van der Waals surface area contributed by atoms with Crippen molar-refractivity contribution >= 4 is 11.8 Å². The molecule has 2 unspecified atom stereocenters. The summed E-state index contributed by atoms with van der Waals surface area (Å²) in [5.74, 6) is 0.657. The Kier molecular flexibility index (Phi) is 4.40. The molecule has 2 fully saturated rings. The molecular weight excluding hydrogens is 252 g/mol. The predicted octanol–water partition coefficient (Wildman–Crippen LogP) is 2.33. The highest BCUT2D eigenvalue weighted by atomic mass is 16.2. The van der Waals surface area contributed by atoms with Crippen LogP contribution in [0.15, 0.2) is 0 Å². The van der Waals surface area contributed by atoms with Crippen molar-refractivity contribution in [3.63, 3.8) is 0 Å². The van der Waals surface area contributed by atoms with Crippen LogP contribution in [0.2, 0.25) is 0 Å². The van der Waals surface area contributed by atoms with E-state index >= 15 is 0 Å². The summed E-state index contributed by atoms with van der Waals surface area (Å²) in [6.07, 6.45) is 5.35. The molecule has 1 heterocycles. The van der Waals surface area contributed by atoms with Crippen molar-refractivity contribution in [1.29, 1.82) is 0 Å². The first-order chi connectivity index (χ1) is 9.42. The van der Waals surface area contributed by atoms with E-state index in [0.29, 0.717) is 5.92 Å². The lowest BCUT2D eigenvalue weighted by Crippen LogP contribution is -2.71. The van der Waals surface area contributed by atoms with Crippen molar-refractivity contribution in [2.45, 2.75) is 71.4 Å². The van der Waals surface area contributed by atoms with Crippen LogP contribution in [0.25, 0.3) is 0 Å². The molecule has 2 atom stereocenters. The van der Waals surface area contributed by atoms with Gasteiger partial charge in [-0.3, -0.25) is 9.59 Å². The molecule has 1 saturated heterocycles. The molecule has 0 aromatic heterocycles. The third-order valence-corrected chi connectivity index (χ3v) is 4.86. The number of hydrogen-bond acceptors (Lipinski definition) is 2. The monoisotopic (exact) mass is 280 g/mol. The van der Waals surface area contributed by atoms with Crippen molar-refractivity contribution in [2.24, 2.45) is 11.8 Å². The minimum absolute atomic E-state index is 0.0507. The van der Waals surface area contributed by atoms with Crippen LogP contribution in [0.4, 0.5) is 0 Å². The van der Waals surface area contributed by atoms with E-state index in [4.69, 9.17) is 0 Å². The molecule has 1 aliphatic heterocycles. The highest BCUT2D eigenvalue weighted by molar-refractivity contribution is 6.00. The van der Waals surface area contributed by atoms with Gasteiger partial charge in [-0.15, -0.1) is 0 Å². The van der Waals surface area contributed by atoms with Crippen molar-refractivity contribution in [1.82, 2.24) is 10.2 Å². The normalized spacial score (nSPS) is 30.9. The maximum atomic E-state index is 12.8. The number of nitrogens with zero attached hydrogens (tertiary/aromatic N) is 1. The van der Waals surface area contributed by atoms with E-state index in [9.17, 15) is 9.59 Å². The molecule has 0 bridgehead atoms. The Bertz CT molecular complexity index is 390.